The Hall–Kier alpha value is -3.09. The molecule has 128 valence electrons. The number of hydrogen-bond acceptors (Lipinski definition) is 4. The number of hydrogen-bond donors (Lipinski definition) is 2. The fourth-order valence-electron chi connectivity index (χ4n) is 3.32. The van der Waals surface area contributed by atoms with Gasteiger partial charge in [-0.1, -0.05) is 18.2 Å². The molecule has 2 heterocycles. The van der Waals surface area contributed by atoms with Crippen molar-refractivity contribution in [3.8, 4) is 11.4 Å². The van der Waals surface area contributed by atoms with Crippen LogP contribution in [-0.2, 0) is 13.5 Å². The molecule has 25 heavy (non-hydrogen) atoms. The molecule has 1 aliphatic rings. The van der Waals surface area contributed by atoms with Crippen LogP contribution in [0.3, 0.4) is 0 Å². The smallest absolute Gasteiger partial charge is 0.276 e. The Morgan fingerprint density at radius 2 is 2.12 bits per heavy atom. The normalized spacial score (nSPS) is 16.4. The van der Waals surface area contributed by atoms with E-state index in [0.29, 0.717) is 0 Å². The standard InChI is InChI=1S/C18H19N5O2/c1-22-15-9-5-8-14(13(15)10-19-22)20-18(25)17-16(24)11-23(21-17)12-6-3-2-4-7-12/h2-4,6-7,10-11,14,24H,5,8-9H2,1H3,(H,20,25). The number of aromatic nitrogens is 4. The van der Waals surface area contributed by atoms with Gasteiger partial charge in [0.2, 0.25) is 0 Å². The van der Waals surface area contributed by atoms with Gasteiger partial charge in [-0.15, -0.1) is 0 Å². The van der Waals surface area contributed by atoms with Crippen LogP contribution in [0.25, 0.3) is 5.69 Å². The number of nitrogens with one attached hydrogen (secondary N) is 1. The Balaban J connectivity index is 1.57. The molecule has 0 spiro atoms. The van der Waals surface area contributed by atoms with E-state index in [0.717, 1.165) is 36.2 Å². The second kappa shape index (κ2) is 6.08. The van der Waals surface area contributed by atoms with Crippen molar-refractivity contribution in [3.05, 3.63) is 59.7 Å². The Morgan fingerprint density at radius 3 is 2.92 bits per heavy atom. The number of carbonyl (C=O) groups excluding carboxylic acids is 1. The van der Waals surface area contributed by atoms with Crippen molar-refractivity contribution in [1.82, 2.24) is 24.9 Å². The zero-order chi connectivity index (χ0) is 17.4. The summed E-state index contributed by atoms with van der Waals surface area (Å²) in [6.07, 6.45) is 6.06. The molecule has 7 nitrogen and oxygen atoms in total. The van der Waals surface area contributed by atoms with E-state index in [1.807, 2.05) is 48.3 Å². The third kappa shape index (κ3) is 2.77. The zero-order valence-corrected chi connectivity index (χ0v) is 13.9. The van der Waals surface area contributed by atoms with Gasteiger partial charge in [-0.2, -0.15) is 10.2 Å². The average Bonchev–Trinajstić information content (AvgIpc) is 3.20. The van der Waals surface area contributed by atoms with Crippen LogP contribution >= 0.6 is 0 Å². The highest BCUT2D eigenvalue weighted by Crippen LogP contribution is 2.30. The maximum Gasteiger partial charge on any atom is 0.276 e. The minimum atomic E-state index is -0.381. The Kier molecular flexibility index (Phi) is 3.76. The van der Waals surface area contributed by atoms with E-state index in [4.69, 9.17) is 0 Å². The maximum absolute atomic E-state index is 12.6. The quantitative estimate of drug-likeness (QED) is 0.767. The summed E-state index contributed by atoms with van der Waals surface area (Å²) in [5.41, 5.74) is 3.00. The molecule has 0 radical (unpaired) electrons. The Morgan fingerprint density at radius 1 is 1.32 bits per heavy atom. The highest BCUT2D eigenvalue weighted by molar-refractivity contribution is 5.95. The van der Waals surface area contributed by atoms with E-state index in [9.17, 15) is 9.90 Å². The van der Waals surface area contributed by atoms with Gasteiger partial charge in [-0.3, -0.25) is 9.48 Å². The molecule has 1 unspecified atom stereocenters. The first kappa shape index (κ1) is 15.4. The second-order valence-corrected chi connectivity index (χ2v) is 6.23. The summed E-state index contributed by atoms with van der Waals surface area (Å²) in [6, 6.07) is 9.26. The lowest BCUT2D eigenvalue weighted by Crippen LogP contribution is -2.31. The fourth-order valence-corrected chi connectivity index (χ4v) is 3.32. The predicted molar refractivity (Wildman–Crippen MR) is 91.6 cm³/mol. The number of benzene rings is 1. The van der Waals surface area contributed by atoms with E-state index in [2.05, 4.69) is 15.5 Å². The molecule has 1 amide bonds. The van der Waals surface area contributed by atoms with Crippen molar-refractivity contribution in [2.45, 2.75) is 25.3 Å². The van der Waals surface area contributed by atoms with Gasteiger partial charge < -0.3 is 10.4 Å². The average molecular weight is 337 g/mol. The summed E-state index contributed by atoms with van der Waals surface area (Å²) in [7, 11) is 1.91. The van der Waals surface area contributed by atoms with E-state index < -0.39 is 0 Å². The van der Waals surface area contributed by atoms with Gasteiger partial charge in [0.1, 0.15) is 0 Å². The summed E-state index contributed by atoms with van der Waals surface area (Å²) >= 11 is 0. The van der Waals surface area contributed by atoms with Crippen molar-refractivity contribution in [3.63, 3.8) is 0 Å². The number of aromatic hydroxyl groups is 1. The van der Waals surface area contributed by atoms with E-state index >= 15 is 0 Å². The van der Waals surface area contributed by atoms with Crippen LogP contribution in [0.4, 0.5) is 0 Å². The summed E-state index contributed by atoms with van der Waals surface area (Å²) in [5, 5.41) is 21.6. The molecule has 0 saturated heterocycles. The van der Waals surface area contributed by atoms with Gasteiger partial charge >= 0.3 is 0 Å². The number of amides is 1. The predicted octanol–water partition coefficient (Wildman–Crippen LogP) is 2.12. The van der Waals surface area contributed by atoms with Gasteiger partial charge in [0.05, 0.1) is 24.1 Å². The number of nitrogens with zero attached hydrogens (tertiary/aromatic N) is 4. The van der Waals surface area contributed by atoms with Gasteiger partial charge in [0, 0.05) is 18.3 Å². The molecule has 7 heteroatoms. The fraction of sp³-hybridized carbons (Fsp3) is 0.278. The Bertz CT molecular complexity index is 913. The van der Waals surface area contributed by atoms with Crippen molar-refractivity contribution in [2.75, 3.05) is 0 Å². The lowest BCUT2D eigenvalue weighted by molar-refractivity contribution is 0.0924. The molecule has 2 aromatic heterocycles. The minimum Gasteiger partial charge on any atom is -0.504 e. The monoisotopic (exact) mass is 337 g/mol. The third-order valence-corrected chi connectivity index (χ3v) is 4.61. The van der Waals surface area contributed by atoms with Crippen LogP contribution in [0.1, 0.15) is 40.6 Å². The van der Waals surface area contributed by atoms with Crippen molar-refractivity contribution < 1.29 is 9.90 Å². The summed E-state index contributed by atoms with van der Waals surface area (Å²) in [4.78, 5) is 12.6. The van der Waals surface area contributed by atoms with Crippen LogP contribution in [-0.4, -0.2) is 30.6 Å². The van der Waals surface area contributed by atoms with E-state index in [1.54, 1.807) is 0 Å². The molecule has 0 saturated carbocycles. The van der Waals surface area contributed by atoms with E-state index in [1.165, 1.54) is 10.9 Å². The topological polar surface area (TPSA) is 85.0 Å². The van der Waals surface area contributed by atoms with Crippen LogP contribution in [0, 0.1) is 0 Å². The van der Waals surface area contributed by atoms with Crippen molar-refractivity contribution >= 4 is 5.91 Å². The largest absolute Gasteiger partial charge is 0.504 e. The van der Waals surface area contributed by atoms with Crippen LogP contribution < -0.4 is 5.32 Å². The molecular weight excluding hydrogens is 318 g/mol. The summed E-state index contributed by atoms with van der Waals surface area (Å²) in [6.45, 7) is 0. The summed E-state index contributed by atoms with van der Waals surface area (Å²) in [5.74, 6) is -0.516. The van der Waals surface area contributed by atoms with Crippen molar-refractivity contribution in [2.24, 2.45) is 7.05 Å². The SMILES string of the molecule is Cn1ncc2c1CCCC2NC(=O)c1nn(-c2ccccc2)cc1O. The number of fused-ring (bicyclic) bond motifs is 1. The number of aryl methyl sites for hydroxylation is 1. The van der Waals surface area contributed by atoms with Crippen LogP contribution in [0.5, 0.6) is 5.75 Å². The van der Waals surface area contributed by atoms with Crippen LogP contribution in [0.15, 0.2) is 42.7 Å². The van der Waals surface area contributed by atoms with Crippen molar-refractivity contribution in [1.29, 1.82) is 0 Å². The van der Waals surface area contributed by atoms with Gasteiger partial charge in [0.25, 0.3) is 5.91 Å². The van der Waals surface area contributed by atoms with Gasteiger partial charge in [0.15, 0.2) is 11.4 Å². The first-order chi connectivity index (χ1) is 12.1. The van der Waals surface area contributed by atoms with Gasteiger partial charge in [-0.25, -0.2) is 4.68 Å². The first-order valence-corrected chi connectivity index (χ1v) is 8.29. The second-order valence-electron chi connectivity index (χ2n) is 6.23. The highest BCUT2D eigenvalue weighted by atomic mass is 16.3. The molecule has 2 N–H and O–H groups in total. The third-order valence-electron chi connectivity index (χ3n) is 4.61. The number of carbonyl (C=O) groups is 1. The Labute approximate surface area is 144 Å². The molecule has 3 aromatic rings. The highest BCUT2D eigenvalue weighted by Gasteiger charge is 2.27. The zero-order valence-electron chi connectivity index (χ0n) is 13.9. The van der Waals surface area contributed by atoms with Gasteiger partial charge in [-0.05, 0) is 31.4 Å². The molecule has 1 aliphatic carbocycles. The summed E-state index contributed by atoms with van der Waals surface area (Å²) < 4.78 is 3.36. The molecule has 0 bridgehead atoms. The molecule has 1 atom stereocenters. The maximum atomic E-state index is 12.6. The lowest BCUT2D eigenvalue weighted by Gasteiger charge is -2.23. The molecule has 4 rings (SSSR count). The molecule has 0 aliphatic heterocycles. The minimum absolute atomic E-state index is 0.0277. The van der Waals surface area contributed by atoms with Crippen LogP contribution in [0.2, 0.25) is 0 Å². The lowest BCUT2D eigenvalue weighted by atomic mass is 9.93. The number of rotatable bonds is 3. The first-order valence-electron chi connectivity index (χ1n) is 8.29. The van der Waals surface area contributed by atoms with E-state index in [-0.39, 0.29) is 23.4 Å². The molecule has 0 fully saturated rings. The molecular formula is C18H19N5O2. The number of para-hydroxylation sites is 1. The molecule has 1 aromatic carbocycles.